The van der Waals surface area contributed by atoms with Crippen LogP contribution in [-0.4, -0.2) is 275 Å². The highest BCUT2D eigenvalue weighted by Crippen LogP contribution is 2.52. The van der Waals surface area contributed by atoms with Crippen molar-refractivity contribution in [2.24, 2.45) is 0 Å². The molecule has 19 atom stereocenters. The summed E-state index contributed by atoms with van der Waals surface area (Å²) in [6.45, 7) is 35.7. The molecular weight excluding hydrogens is 1850 g/mol. The van der Waals surface area contributed by atoms with Gasteiger partial charge in [0.15, 0.2) is 105 Å². The predicted octanol–water partition coefficient (Wildman–Crippen LogP) is 3.21. The normalized spacial score (nSPS) is 25.4. The lowest BCUT2D eigenvalue weighted by Crippen LogP contribution is -2.43. The van der Waals surface area contributed by atoms with E-state index in [1.165, 1.54) is 89.0 Å². The van der Waals surface area contributed by atoms with E-state index in [2.05, 4.69) is 82.7 Å². The number of nitrogen functional groups attached to an aromatic ring is 5. The Labute approximate surface area is 771 Å². The van der Waals surface area contributed by atoms with Gasteiger partial charge in [0.05, 0.1) is 73.8 Å². The summed E-state index contributed by atoms with van der Waals surface area (Å²) in [5, 5.41) is 58.8. The van der Waals surface area contributed by atoms with Gasteiger partial charge in [-0.1, -0.05) is 60.8 Å². The fraction of sp³-hybridized carbons (Fsp3) is 0.506. The summed E-state index contributed by atoms with van der Waals surface area (Å²) >= 11 is 14.3. The second-order valence-electron chi connectivity index (χ2n) is 29.2. The molecule has 55 heteroatoms. The number of esters is 5. The molecule has 0 aliphatic carbocycles. The van der Waals surface area contributed by atoms with E-state index >= 15 is 0 Å². The second-order valence-corrected chi connectivity index (χ2v) is 33.2. The lowest BCUT2D eigenvalue weighted by molar-refractivity contribution is -0.159. The fourth-order valence-corrected chi connectivity index (χ4v) is 17.6. The zero-order chi connectivity index (χ0) is 96.5. The van der Waals surface area contributed by atoms with Crippen LogP contribution in [0.5, 0.6) is 23.4 Å². The van der Waals surface area contributed by atoms with Crippen LogP contribution in [0.15, 0.2) is 87.6 Å². The molecule has 0 amide bonds. The first-order valence-electron chi connectivity index (χ1n) is 40.0. The molecule has 0 aromatic carbocycles. The molecule has 8 aromatic heterocycles. The van der Waals surface area contributed by atoms with Crippen molar-refractivity contribution in [2.45, 2.75) is 204 Å². The number of nitrogens with two attached hydrogens (primary N) is 5. The van der Waals surface area contributed by atoms with Gasteiger partial charge in [-0.3, -0.25) is 52.3 Å². The molecular formula is C77H98N20O30S5. The van der Waals surface area contributed by atoms with Crippen LogP contribution in [0.1, 0.15) is 101 Å². The van der Waals surface area contributed by atoms with E-state index in [1.54, 1.807) is 32.3 Å². The fourth-order valence-electron chi connectivity index (χ4n) is 14.2. The third-order valence-electron chi connectivity index (χ3n) is 19.2. The zero-order valence-corrected chi connectivity index (χ0v) is 76.7. The highest BCUT2D eigenvalue weighted by atomic mass is 32.2. The summed E-state index contributed by atoms with van der Waals surface area (Å²) in [7, 11) is 0. The van der Waals surface area contributed by atoms with Gasteiger partial charge in [-0.05, 0) is 72.6 Å². The van der Waals surface area contributed by atoms with Crippen molar-refractivity contribution >= 4 is 162 Å². The summed E-state index contributed by atoms with van der Waals surface area (Å²) in [6.07, 6.45) is -14.2. The number of aliphatic hydroxyl groups is 6. The van der Waals surface area contributed by atoms with Gasteiger partial charge in [0.25, 0.3) is 4.84 Å². The van der Waals surface area contributed by atoms with Crippen molar-refractivity contribution in [1.82, 2.24) is 63.5 Å². The minimum atomic E-state index is -1.25. The molecule has 15 rings (SSSR count). The smallest absolute Gasteiger partial charge is 0.311 e. The van der Waals surface area contributed by atoms with Crippen molar-refractivity contribution in [2.75, 3.05) is 91.3 Å². The molecule has 16 N–H and O–H groups in total. The number of oxazole rings is 1. The standard InChI is InChI=1S/C19H24N4O7S2.C17H20N4O7S.C17H22N4O6S.C13H18N4O5S.C11H14N4O5/c1-6-26-16-14-15(21-18(20)22-16)23(19(31)32-14)17-13(28-8(2)3)12(29-10(5)25)11(30-17)7-27-9(4)24;1-7(2)25-13-12(26-9(4)23)11(6-24-8(3)22)27-15(13)21-14-10(28-17(21)29)5-19-16(18)20-14;1-5-24-14-12-13(19-16(18)20-14)21(17(23)28-12)15-11(26-8(2)3)6-10(27-15)7-25-9(4)22;1-3-21-11-9-10(15-13(14)16-11)17(5(2)23-9)12-8(20)7(19)6(4-18)22-12;1-4-15(9-5(19-4)2-13-11(12)14-9)10-8(18)7(17)6(3-16)20-10/h11-13,17H,2,6-7H2,1,3-5H3,(H2,20,21,22);5,11-13,15H,1,6H2,2-4H3,(H2,18,19,20);10-11,15H,2,5-7H2,1,3-4H3,(H2,18,19,20);6-8,12,18-20H,2-4H2,1H3,(H2,14,15,16);2,6-8,10,16-18H,1,3H2,(H2,12,13,14)/t11-,12-,13-,17-;11-,12-,13-,15-;10-,11+,15+;6-,7-,8-,12-;6-,7-,8-,10-/m11011/s1. The first-order chi connectivity index (χ1) is 62.6. The minimum Gasteiger partial charge on any atom is -0.491 e. The molecule has 716 valence electrons. The summed E-state index contributed by atoms with van der Waals surface area (Å²) < 4.78 is 106. The maximum Gasteiger partial charge on any atom is 0.311 e. The maximum atomic E-state index is 12.8. The number of fused-ring (bicyclic) bond motifs is 5. The molecule has 0 saturated carbocycles. The number of nitrogens with zero attached hydrogens (tertiary/aromatic N) is 15. The van der Waals surface area contributed by atoms with E-state index in [9.17, 15) is 54.3 Å². The number of carbonyl (C=O) groups is 5. The molecule has 50 nitrogen and oxygen atoms in total. The van der Waals surface area contributed by atoms with Crippen molar-refractivity contribution in [1.29, 1.82) is 0 Å². The van der Waals surface area contributed by atoms with Crippen molar-refractivity contribution in [3.63, 3.8) is 0 Å². The molecule has 0 spiro atoms. The Morgan fingerprint density at radius 2 is 0.939 bits per heavy atom. The molecule has 5 fully saturated rings. The minimum absolute atomic E-state index is 0.00501. The van der Waals surface area contributed by atoms with E-state index in [0.29, 0.717) is 101 Å². The summed E-state index contributed by atoms with van der Waals surface area (Å²) in [6, 6.07) is 0. The maximum absolute atomic E-state index is 12.8. The van der Waals surface area contributed by atoms with Crippen LogP contribution >= 0.6 is 58.9 Å². The van der Waals surface area contributed by atoms with Crippen molar-refractivity contribution < 1.29 is 140 Å². The Morgan fingerprint density at radius 3 is 1.44 bits per heavy atom. The average molecular weight is 1940 g/mol. The third kappa shape index (κ3) is 22.8. The predicted molar refractivity (Wildman–Crippen MR) is 470 cm³/mol. The first-order valence-corrected chi connectivity index (χ1v) is 43.3. The number of aliphatic hydroxyl groups excluding tert-OH is 6. The van der Waals surface area contributed by atoms with Gasteiger partial charge in [0.2, 0.25) is 47.4 Å². The van der Waals surface area contributed by atoms with E-state index < -0.39 is 160 Å². The highest BCUT2D eigenvalue weighted by molar-refractivity contribution is 8.03. The van der Waals surface area contributed by atoms with Crippen LogP contribution in [0.2, 0.25) is 0 Å². The summed E-state index contributed by atoms with van der Waals surface area (Å²) in [5.41, 5.74) is 29.9. The Balaban J connectivity index is 0.000000160. The second kappa shape index (κ2) is 43.6. The number of thiazole rings is 2. The molecule has 7 aliphatic rings. The number of anilines is 7. The molecule has 7 aliphatic heterocycles. The molecule has 0 bridgehead atoms. The molecule has 132 heavy (non-hydrogen) atoms. The number of hydrogen-bond acceptors (Lipinski definition) is 52. The van der Waals surface area contributed by atoms with Crippen LogP contribution in [0.4, 0.5) is 41.4 Å². The Hall–Kier alpha value is -11.9. The van der Waals surface area contributed by atoms with Gasteiger partial charge in [-0.2, -0.15) is 39.9 Å². The Morgan fingerprint density at radius 1 is 0.492 bits per heavy atom. The SMILES string of the molecule is C=C(C)O[C@@H]1C[C@@H](COC(C)=O)O[C@H]1n1c(=O)sc2c(OCC)nc(N)nc21.C=C(C)O[C@@H]1[C@H](OC(C)=O)[C@@H](COC(C)=O)O[C@H]1n1c(=S)oc2cnc(N)nc21.C=C(C)O[C@@H]1[C@H](OC(C)=O)[C@@H](COC(C)=O)O[C@H]1n1c(=S)sc2c(OCC)nc(N)nc21.C=C1Oc2cnc(N)nc2N1[C@@H]1O[C@H](CO)[C@@H](O)[C@H]1O.C=C1Sc2c(OCC)nc(N)nc2N1[C@@H]1O[C@H](CO)[C@@H](O)[C@H]1O. The number of ether oxygens (including phenoxy) is 17. The monoisotopic (exact) mass is 1940 g/mol. The highest BCUT2D eigenvalue weighted by Gasteiger charge is 2.55. The van der Waals surface area contributed by atoms with E-state index in [-0.39, 0.29) is 88.1 Å². The average Bonchev–Trinajstić information content (AvgIpc) is 1.62. The van der Waals surface area contributed by atoms with Crippen LogP contribution in [-0.2, 0) is 85.6 Å². The van der Waals surface area contributed by atoms with Crippen LogP contribution in [0.3, 0.4) is 0 Å². The quantitative estimate of drug-likeness (QED) is 0.0152. The Bertz CT molecular complexity index is 5840. The van der Waals surface area contributed by atoms with Crippen LogP contribution in [0.25, 0.3) is 31.9 Å². The van der Waals surface area contributed by atoms with Gasteiger partial charge in [-0.25, -0.2) is 9.97 Å². The summed E-state index contributed by atoms with van der Waals surface area (Å²) in [5.74, 6) is 0.711. The van der Waals surface area contributed by atoms with Crippen molar-refractivity contribution in [3.05, 3.63) is 91.9 Å². The molecule has 15 heterocycles. The molecule has 0 unspecified atom stereocenters. The first kappa shape index (κ1) is 101. The van der Waals surface area contributed by atoms with E-state index in [0.717, 1.165) is 11.3 Å². The van der Waals surface area contributed by atoms with Gasteiger partial charge in [0, 0.05) is 41.0 Å². The number of rotatable bonds is 27. The molecule has 8 aromatic rings. The number of aromatic nitrogens is 13. The van der Waals surface area contributed by atoms with Crippen LogP contribution in [0, 0.1) is 8.79 Å². The number of thioether (sulfide) groups is 1. The Kier molecular flexibility index (Phi) is 33.2. The van der Waals surface area contributed by atoms with E-state index in [1.807, 2.05) is 13.8 Å². The lowest BCUT2D eigenvalue weighted by atomic mass is 10.1. The van der Waals surface area contributed by atoms with Gasteiger partial charge in [-0.15, -0.1) is 0 Å². The van der Waals surface area contributed by atoms with Crippen LogP contribution < -0.4 is 62.3 Å². The van der Waals surface area contributed by atoms with Gasteiger partial charge < -0.3 is 144 Å². The zero-order valence-electron chi connectivity index (χ0n) is 72.6. The molecule has 0 radical (unpaired) electrons. The largest absolute Gasteiger partial charge is 0.491 e. The van der Waals surface area contributed by atoms with Gasteiger partial charge in [0.1, 0.15) is 89.1 Å². The summed E-state index contributed by atoms with van der Waals surface area (Å²) in [4.78, 5) is 114. The lowest BCUT2D eigenvalue weighted by Gasteiger charge is -2.27. The third-order valence-corrected chi connectivity index (χ3v) is 22.8. The number of allylic oxidation sites excluding steroid dienone is 3. The van der Waals surface area contributed by atoms with Gasteiger partial charge >= 0.3 is 34.7 Å². The number of carbonyl (C=O) groups excluding carboxylic acids is 5. The van der Waals surface area contributed by atoms with E-state index in [4.69, 9.17) is 143 Å². The van der Waals surface area contributed by atoms with Crippen molar-refractivity contribution in [3.8, 4) is 23.4 Å². The molecule has 5 saturated heterocycles. The number of hydrogen-bond donors (Lipinski definition) is 11. The topological polar surface area (TPSA) is 674 Å².